The Kier molecular flexibility index (Phi) is 10.3. The molecule has 1 aliphatic rings. The van der Waals surface area contributed by atoms with Crippen LogP contribution in [0.15, 0.2) is 65.7 Å². The van der Waals surface area contributed by atoms with Crippen molar-refractivity contribution >= 4 is 38.4 Å². The van der Waals surface area contributed by atoms with Crippen molar-refractivity contribution < 1.29 is 22.7 Å². The van der Waals surface area contributed by atoms with Crippen LogP contribution in [0.4, 0.5) is 5.82 Å². The number of hydrogen-bond acceptors (Lipinski definition) is 9. The van der Waals surface area contributed by atoms with Crippen LogP contribution < -0.4 is 15.5 Å². The first-order valence-corrected chi connectivity index (χ1v) is 17.3. The summed E-state index contributed by atoms with van der Waals surface area (Å²) in [6, 6.07) is 16.3. The predicted molar refractivity (Wildman–Crippen MR) is 177 cm³/mol. The fourth-order valence-corrected chi connectivity index (χ4v) is 6.60. The largest absolute Gasteiger partial charge is 0.372 e. The van der Waals surface area contributed by atoms with Gasteiger partial charge in [-0.05, 0) is 81.1 Å². The molecular weight excluding hydrogens is 604 g/mol. The van der Waals surface area contributed by atoms with Crippen molar-refractivity contribution in [2.24, 2.45) is 0 Å². The van der Waals surface area contributed by atoms with Gasteiger partial charge >= 0.3 is 0 Å². The van der Waals surface area contributed by atoms with E-state index in [1.165, 1.54) is 13.0 Å². The number of sulfone groups is 1. The molecule has 46 heavy (non-hydrogen) atoms. The molecule has 0 spiro atoms. The number of hydrogen-bond donors (Lipinski definition) is 2. The minimum atomic E-state index is -3.45. The Hall–Kier alpha value is -4.42. The highest BCUT2D eigenvalue weighted by molar-refractivity contribution is 7.90. The average molecular weight is 645 g/mol. The Balaban J connectivity index is 1.26. The summed E-state index contributed by atoms with van der Waals surface area (Å²) in [5.74, 6) is 0.471. The fourth-order valence-electron chi connectivity index (χ4n) is 5.61. The number of pyridine rings is 3. The van der Waals surface area contributed by atoms with Crippen LogP contribution in [0.25, 0.3) is 22.3 Å². The molecule has 11 nitrogen and oxygen atoms in total. The van der Waals surface area contributed by atoms with Gasteiger partial charge in [0.05, 0.1) is 46.2 Å². The Bertz CT molecular complexity index is 1850. The van der Waals surface area contributed by atoms with Crippen LogP contribution in [0.5, 0.6) is 0 Å². The van der Waals surface area contributed by atoms with E-state index < -0.39 is 9.84 Å². The fraction of sp³-hybridized carbons (Fsp3) is 0.382. The smallest absolute Gasteiger partial charge is 0.251 e. The van der Waals surface area contributed by atoms with Crippen LogP contribution in [-0.4, -0.2) is 73.3 Å². The number of aryl methyl sites for hydroxylation is 1. The minimum absolute atomic E-state index is 0.00635. The van der Waals surface area contributed by atoms with Crippen LogP contribution in [0, 0.1) is 6.92 Å². The van der Waals surface area contributed by atoms with E-state index in [-0.39, 0.29) is 41.0 Å². The van der Waals surface area contributed by atoms with E-state index in [9.17, 15) is 18.0 Å². The zero-order valence-corrected chi connectivity index (χ0v) is 27.4. The number of carbonyl (C=O) groups is 2. The number of rotatable bonds is 11. The summed E-state index contributed by atoms with van der Waals surface area (Å²) in [7, 11) is -3.45. The van der Waals surface area contributed by atoms with E-state index in [0.717, 1.165) is 66.7 Å². The summed E-state index contributed by atoms with van der Waals surface area (Å²) >= 11 is 0. The third-order valence-corrected chi connectivity index (χ3v) is 9.12. The van der Waals surface area contributed by atoms with Crippen LogP contribution >= 0.6 is 0 Å². The molecule has 242 valence electrons. The molecule has 1 aromatic carbocycles. The quantitative estimate of drug-likeness (QED) is 0.229. The summed E-state index contributed by atoms with van der Waals surface area (Å²) in [6.07, 6.45) is 5.80. The molecule has 2 atom stereocenters. The van der Waals surface area contributed by atoms with E-state index in [0.29, 0.717) is 17.8 Å². The third-order valence-electron chi connectivity index (χ3n) is 7.88. The zero-order chi connectivity index (χ0) is 32.8. The highest BCUT2D eigenvalue weighted by atomic mass is 32.2. The topological polar surface area (TPSA) is 143 Å². The molecule has 0 radical (unpaired) electrons. The number of fused-ring (bicyclic) bond motifs is 1. The van der Waals surface area contributed by atoms with Crippen LogP contribution in [0.3, 0.4) is 0 Å². The van der Waals surface area contributed by atoms with Gasteiger partial charge in [0.15, 0.2) is 9.84 Å². The van der Waals surface area contributed by atoms with Gasteiger partial charge in [0.25, 0.3) is 5.91 Å². The number of aromatic nitrogens is 3. The molecule has 12 heteroatoms. The van der Waals surface area contributed by atoms with Crippen molar-refractivity contribution in [2.45, 2.75) is 63.7 Å². The standard InChI is InChI=1S/C34H40N6O5S/c1-22-11-12-25(16-32(22)46(4,43)44)34(42)37-19-27-17-31-26(18-36-27)13-14-30(38-31)29-9-7-10-33(39-29)40-20-23(2)45-28(21-40)8-5-6-15-35-24(3)41/h7,9-14,16-18,23,28H,5-6,8,15,19-21H2,1-4H3,(H,35,41)(H,37,42)/t23-,28+/m1/s1. The molecule has 0 aliphatic carbocycles. The molecule has 1 saturated heterocycles. The second-order valence-electron chi connectivity index (χ2n) is 11.8. The summed E-state index contributed by atoms with van der Waals surface area (Å²) in [5.41, 5.74) is 3.66. The summed E-state index contributed by atoms with van der Waals surface area (Å²) in [5, 5.41) is 6.53. The molecule has 1 fully saturated rings. The minimum Gasteiger partial charge on any atom is -0.372 e. The van der Waals surface area contributed by atoms with Crippen molar-refractivity contribution in [3.05, 3.63) is 77.6 Å². The van der Waals surface area contributed by atoms with Crippen molar-refractivity contribution in [3.63, 3.8) is 0 Å². The van der Waals surface area contributed by atoms with E-state index in [1.807, 2.05) is 36.4 Å². The van der Waals surface area contributed by atoms with Crippen molar-refractivity contribution in [1.82, 2.24) is 25.6 Å². The summed E-state index contributed by atoms with van der Waals surface area (Å²) in [4.78, 5) is 40.6. The lowest BCUT2D eigenvalue weighted by Gasteiger charge is -2.37. The van der Waals surface area contributed by atoms with E-state index in [1.54, 1.807) is 25.3 Å². The average Bonchev–Trinajstić information content (AvgIpc) is 3.02. The number of benzene rings is 1. The number of nitrogens with zero attached hydrogens (tertiary/aromatic N) is 4. The highest BCUT2D eigenvalue weighted by Crippen LogP contribution is 2.25. The van der Waals surface area contributed by atoms with Crippen molar-refractivity contribution in [1.29, 1.82) is 0 Å². The van der Waals surface area contributed by atoms with Gasteiger partial charge in [0.1, 0.15) is 5.82 Å². The Morgan fingerprint density at radius 3 is 2.59 bits per heavy atom. The van der Waals surface area contributed by atoms with Gasteiger partial charge in [-0.25, -0.2) is 18.4 Å². The molecular formula is C34H40N6O5S. The summed E-state index contributed by atoms with van der Waals surface area (Å²) < 4.78 is 30.4. The van der Waals surface area contributed by atoms with Crippen molar-refractivity contribution in [3.8, 4) is 11.4 Å². The van der Waals surface area contributed by atoms with Gasteiger partial charge in [0, 0.05) is 50.0 Å². The first kappa shape index (κ1) is 33.0. The van der Waals surface area contributed by atoms with Gasteiger partial charge in [-0.2, -0.15) is 0 Å². The monoisotopic (exact) mass is 644 g/mol. The Morgan fingerprint density at radius 1 is 1.00 bits per heavy atom. The van der Waals surface area contributed by atoms with Gasteiger partial charge in [-0.15, -0.1) is 0 Å². The molecule has 5 rings (SSSR count). The van der Waals surface area contributed by atoms with Gasteiger partial charge in [-0.3, -0.25) is 14.6 Å². The first-order chi connectivity index (χ1) is 22.0. The molecule has 4 heterocycles. The summed E-state index contributed by atoms with van der Waals surface area (Å²) in [6.45, 7) is 7.62. The second kappa shape index (κ2) is 14.3. The number of ether oxygens (including phenoxy) is 1. The molecule has 4 aromatic rings. The lowest BCUT2D eigenvalue weighted by atomic mass is 10.1. The molecule has 2 amide bonds. The Morgan fingerprint density at radius 2 is 1.80 bits per heavy atom. The highest BCUT2D eigenvalue weighted by Gasteiger charge is 2.26. The normalized spacial score (nSPS) is 16.7. The van der Waals surface area contributed by atoms with Gasteiger partial charge in [0.2, 0.25) is 5.91 Å². The number of unbranched alkanes of at least 4 members (excludes halogenated alkanes) is 1. The third kappa shape index (κ3) is 8.43. The van der Waals surface area contributed by atoms with E-state index in [2.05, 4.69) is 27.4 Å². The zero-order valence-electron chi connectivity index (χ0n) is 26.6. The molecule has 3 aromatic heterocycles. The number of morpholine rings is 1. The van der Waals surface area contributed by atoms with Crippen LogP contribution in [-0.2, 0) is 25.9 Å². The SMILES string of the molecule is CC(=O)NCCCC[C@H]1CN(c2cccc(-c3ccc4cnc(CNC(=O)c5ccc(C)c(S(C)(=O)=O)c5)cc4n3)n2)C[C@@H](C)O1. The van der Waals surface area contributed by atoms with Gasteiger partial charge < -0.3 is 20.3 Å². The maximum atomic E-state index is 12.8. The lowest BCUT2D eigenvalue weighted by Crippen LogP contribution is -2.47. The first-order valence-electron chi connectivity index (χ1n) is 15.4. The molecule has 0 saturated carbocycles. The maximum absolute atomic E-state index is 12.8. The van der Waals surface area contributed by atoms with E-state index in [4.69, 9.17) is 14.7 Å². The lowest BCUT2D eigenvalue weighted by molar-refractivity contribution is -0.118. The number of carbonyl (C=O) groups excluding carboxylic acids is 2. The second-order valence-corrected chi connectivity index (χ2v) is 13.8. The van der Waals surface area contributed by atoms with Crippen molar-refractivity contribution in [2.75, 3.05) is 30.8 Å². The molecule has 0 bridgehead atoms. The Labute approximate surface area is 269 Å². The van der Waals surface area contributed by atoms with Crippen LogP contribution in [0.2, 0.25) is 0 Å². The number of nitrogens with one attached hydrogen (secondary N) is 2. The predicted octanol–water partition coefficient (Wildman–Crippen LogP) is 4.23. The number of anilines is 1. The molecule has 0 unspecified atom stereocenters. The maximum Gasteiger partial charge on any atom is 0.251 e. The van der Waals surface area contributed by atoms with E-state index >= 15 is 0 Å². The van der Waals surface area contributed by atoms with Gasteiger partial charge in [-0.1, -0.05) is 12.1 Å². The molecule has 2 N–H and O–H groups in total. The number of amides is 2. The molecule has 1 aliphatic heterocycles. The van der Waals surface area contributed by atoms with Crippen LogP contribution in [0.1, 0.15) is 54.7 Å².